The van der Waals surface area contributed by atoms with Crippen molar-refractivity contribution in [2.45, 2.75) is 6.92 Å². The van der Waals surface area contributed by atoms with E-state index in [1.807, 2.05) is 6.92 Å². The molecule has 2 radical (unpaired) electrons. The largest absolute Gasteiger partial charge is 0.0616 e. The molecule has 0 heteroatoms. The number of benzene rings is 3. The Hall–Kier alpha value is -1.82. The Balaban J connectivity index is 2.47. The van der Waals surface area contributed by atoms with Crippen LogP contribution in [0, 0.1) is 19.1 Å². The van der Waals surface area contributed by atoms with Gasteiger partial charge in [0.25, 0.3) is 0 Å². The second kappa shape index (κ2) is 3.09. The van der Waals surface area contributed by atoms with Gasteiger partial charge in [0.05, 0.1) is 0 Å². The monoisotopic (exact) mass is 190 g/mol. The van der Waals surface area contributed by atoms with E-state index in [0.29, 0.717) is 0 Å². The maximum Gasteiger partial charge on any atom is -0.00110 e. The van der Waals surface area contributed by atoms with E-state index in [-0.39, 0.29) is 0 Å². The third-order valence-corrected chi connectivity index (χ3v) is 2.68. The van der Waals surface area contributed by atoms with Crippen molar-refractivity contribution in [2.24, 2.45) is 0 Å². The van der Waals surface area contributed by atoms with Crippen LogP contribution in [0.3, 0.4) is 0 Å². The van der Waals surface area contributed by atoms with Crippen molar-refractivity contribution in [3.63, 3.8) is 0 Å². The molecule has 0 saturated carbocycles. The number of rotatable bonds is 0. The molecule has 0 bridgehead atoms. The average molecular weight is 190 g/mol. The van der Waals surface area contributed by atoms with Crippen molar-refractivity contribution in [3.05, 3.63) is 60.2 Å². The van der Waals surface area contributed by atoms with Gasteiger partial charge >= 0.3 is 0 Å². The molecule has 15 heavy (non-hydrogen) atoms. The first-order chi connectivity index (χ1) is 7.33. The van der Waals surface area contributed by atoms with Gasteiger partial charge in [-0.25, -0.2) is 0 Å². The molecule has 3 rings (SSSR count). The molecule has 0 aliphatic rings. The van der Waals surface area contributed by atoms with E-state index in [0.717, 1.165) is 10.9 Å². The van der Waals surface area contributed by atoms with Gasteiger partial charge in [0.2, 0.25) is 0 Å². The van der Waals surface area contributed by atoms with Crippen LogP contribution in [0.4, 0.5) is 0 Å². The quantitative estimate of drug-likeness (QED) is 0.471. The van der Waals surface area contributed by atoms with Gasteiger partial charge in [-0.05, 0) is 58.3 Å². The van der Waals surface area contributed by atoms with E-state index in [4.69, 9.17) is 0 Å². The Bertz CT molecular complexity index is 636. The highest BCUT2D eigenvalue weighted by molar-refractivity contribution is 5.97. The highest BCUT2D eigenvalue weighted by Crippen LogP contribution is 2.22. The Morgan fingerprint density at radius 2 is 1.53 bits per heavy atom. The summed E-state index contributed by atoms with van der Waals surface area (Å²) >= 11 is 0. The summed E-state index contributed by atoms with van der Waals surface area (Å²) in [7, 11) is 0. The molecule has 0 fully saturated rings. The molecule has 0 nitrogen and oxygen atoms in total. The summed E-state index contributed by atoms with van der Waals surface area (Å²) in [6, 6.07) is 21.2. The summed E-state index contributed by atoms with van der Waals surface area (Å²) in [5, 5.41) is 4.92. The van der Waals surface area contributed by atoms with Gasteiger partial charge < -0.3 is 0 Å². The number of fused-ring (bicyclic) bond motifs is 2. The Kier molecular flexibility index (Phi) is 1.75. The van der Waals surface area contributed by atoms with Gasteiger partial charge in [-0.3, -0.25) is 0 Å². The maximum atomic E-state index is 3.19. The van der Waals surface area contributed by atoms with Crippen LogP contribution in [0.15, 0.2) is 42.5 Å². The minimum absolute atomic E-state index is 1.14. The van der Waals surface area contributed by atoms with Gasteiger partial charge in [-0.2, -0.15) is 0 Å². The van der Waals surface area contributed by atoms with E-state index in [2.05, 4.69) is 54.6 Å². The zero-order valence-corrected chi connectivity index (χ0v) is 8.54. The minimum atomic E-state index is 1.14. The highest BCUT2D eigenvalue weighted by atomic mass is 14.0. The van der Waals surface area contributed by atoms with Gasteiger partial charge in [0, 0.05) is 0 Å². The van der Waals surface area contributed by atoms with Crippen LogP contribution in [0.2, 0.25) is 0 Å². The van der Waals surface area contributed by atoms with Crippen LogP contribution in [-0.4, -0.2) is 0 Å². The molecule has 0 N–H and O–H groups in total. The van der Waals surface area contributed by atoms with Gasteiger partial charge in [0.1, 0.15) is 0 Å². The molecule has 0 atom stereocenters. The highest BCUT2D eigenvalue weighted by Gasteiger charge is 1.97. The summed E-state index contributed by atoms with van der Waals surface area (Å²) in [6.45, 7) is 2.05. The summed E-state index contributed by atoms with van der Waals surface area (Å²) in [6.07, 6.45) is 0. The first-order valence-corrected chi connectivity index (χ1v) is 5.06. The fraction of sp³-hybridized carbons (Fsp3) is 0.0667. The van der Waals surface area contributed by atoms with Gasteiger partial charge in [-0.15, -0.1) is 0 Å². The maximum absolute atomic E-state index is 3.19. The normalized spacial score (nSPS) is 11.0. The van der Waals surface area contributed by atoms with Gasteiger partial charge in [-0.1, -0.05) is 30.3 Å². The molecule has 0 unspecified atom stereocenters. The number of aryl methyl sites for hydroxylation is 1. The molecule has 0 amide bonds. The van der Waals surface area contributed by atoms with Crippen molar-refractivity contribution in [1.29, 1.82) is 0 Å². The second-order valence-electron chi connectivity index (χ2n) is 3.86. The summed E-state index contributed by atoms with van der Waals surface area (Å²) in [5.74, 6) is 0. The third kappa shape index (κ3) is 1.39. The lowest BCUT2D eigenvalue weighted by atomic mass is 10.0. The fourth-order valence-corrected chi connectivity index (χ4v) is 1.92. The Morgan fingerprint density at radius 1 is 0.800 bits per heavy atom. The molecule has 0 aliphatic heterocycles. The lowest BCUT2D eigenvalue weighted by molar-refractivity contribution is 1.49. The molecule has 70 valence electrons. The van der Waals surface area contributed by atoms with Crippen LogP contribution in [0.1, 0.15) is 5.56 Å². The molecule has 0 aliphatic carbocycles. The first kappa shape index (κ1) is 8.49. The topological polar surface area (TPSA) is 0 Å². The van der Waals surface area contributed by atoms with Crippen molar-refractivity contribution < 1.29 is 0 Å². The van der Waals surface area contributed by atoms with E-state index in [9.17, 15) is 0 Å². The van der Waals surface area contributed by atoms with Crippen LogP contribution >= 0.6 is 0 Å². The van der Waals surface area contributed by atoms with E-state index < -0.39 is 0 Å². The first-order valence-electron chi connectivity index (χ1n) is 5.06. The lowest BCUT2D eigenvalue weighted by Gasteiger charge is -2.02. The summed E-state index contributed by atoms with van der Waals surface area (Å²) < 4.78 is 0. The van der Waals surface area contributed by atoms with Crippen LogP contribution in [-0.2, 0) is 0 Å². The molecule has 0 saturated heterocycles. The molecule has 3 aromatic rings. The smallest absolute Gasteiger partial charge is 0.00110 e. The molecule has 3 aromatic carbocycles. The second-order valence-corrected chi connectivity index (χ2v) is 3.86. The van der Waals surface area contributed by atoms with E-state index in [1.54, 1.807) is 0 Å². The fourth-order valence-electron chi connectivity index (χ4n) is 1.92. The molecular formula is C15H10. The summed E-state index contributed by atoms with van der Waals surface area (Å²) in [5.41, 5.74) is 1.14. The van der Waals surface area contributed by atoms with E-state index >= 15 is 0 Å². The van der Waals surface area contributed by atoms with Crippen LogP contribution in [0.5, 0.6) is 0 Å². The predicted molar refractivity (Wildman–Crippen MR) is 63.9 cm³/mol. The SMILES string of the molecule is Cc1[c][c]c2cc3ccccc3cc2c1. The zero-order chi connectivity index (χ0) is 10.3. The standard InChI is InChI=1S/C15H10/c1-11-6-7-14-9-12-4-2-3-5-13(12)10-15(14)8-11/h2-5,8-10H,1H3. The predicted octanol–water partition coefficient (Wildman–Crippen LogP) is 3.90. The Labute approximate surface area is 89.2 Å². The third-order valence-electron chi connectivity index (χ3n) is 2.68. The van der Waals surface area contributed by atoms with Crippen molar-refractivity contribution in [2.75, 3.05) is 0 Å². The Morgan fingerprint density at radius 3 is 2.33 bits per heavy atom. The van der Waals surface area contributed by atoms with Crippen molar-refractivity contribution in [1.82, 2.24) is 0 Å². The molecule has 0 spiro atoms. The lowest BCUT2D eigenvalue weighted by Crippen LogP contribution is -1.78. The molecular weight excluding hydrogens is 180 g/mol. The van der Waals surface area contributed by atoms with Crippen molar-refractivity contribution in [3.8, 4) is 0 Å². The van der Waals surface area contributed by atoms with Crippen LogP contribution in [0.25, 0.3) is 21.5 Å². The van der Waals surface area contributed by atoms with Crippen LogP contribution < -0.4 is 0 Å². The minimum Gasteiger partial charge on any atom is -0.0616 e. The number of hydrogen-bond donors (Lipinski definition) is 0. The van der Waals surface area contributed by atoms with Crippen molar-refractivity contribution >= 4 is 21.5 Å². The van der Waals surface area contributed by atoms with Gasteiger partial charge in [0.15, 0.2) is 0 Å². The average Bonchev–Trinajstić information content (AvgIpc) is 2.26. The zero-order valence-electron chi connectivity index (χ0n) is 8.54. The molecule has 0 heterocycles. The molecule has 0 aromatic heterocycles. The summed E-state index contributed by atoms with van der Waals surface area (Å²) in [4.78, 5) is 0. The van der Waals surface area contributed by atoms with E-state index in [1.165, 1.54) is 16.2 Å². The number of hydrogen-bond acceptors (Lipinski definition) is 0.